The predicted molar refractivity (Wildman–Crippen MR) is 80.4 cm³/mol. The van der Waals surface area contributed by atoms with Crippen molar-refractivity contribution in [2.75, 3.05) is 0 Å². The molecule has 2 rings (SSSR count). The van der Waals surface area contributed by atoms with E-state index >= 15 is 0 Å². The van der Waals surface area contributed by atoms with E-state index in [0.717, 1.165) is 19.3 Å². The second kappa shape index (κ2) is 6.88. The van der Waals surface area contributed by atoms with E-state index in [-0.39, 0.29) is 5.92 Å². The summed E-state index contributed by atoms with van der Waals surface area (Å²) < 4.78 is 0. The molecule has 1 nitrogen and oxygen atoms in total. The van der Waals surface area contributed by atoms with Gasteiger partial charge in [0.05, 0.1) is 0 Å². The molecule has 0 spiro atoms. The van der Waals surface area contributed by atoms with Gasteiger partial charge in [0.25, 0.3) is 0 Å². The second-order valence-electron chi connectivity index (χ2n) is 5.95. The molecule has 0 radical (unpaired) electrons. The summed E-state index contributed by atoms with van der Waals surface area (Å²) in [6, 6.07) is 8.75. The van der Waals surface area contributed by atoms with Crippen LogP contribution in [0.1, 0.15) is 69.4 Å². The molecule has 2 atom stereocenters. The highest BCUT2D eigenvalue weighted by molar-refractivity contribution is 5.86. The fraction of sp³-hybridized carbons (Fsp3) is 0.611. The molecule has 0 aromatic heterocycles. The molecule has 0 N–H and O–H groups in total. The molecule has 1 aromatic carbocycles. The van der Waals surface area contributed by atoms with Gasteiger partial charge in [-0.1, -0.05) is 57.4 Å². The van der Waals surface area contributed by atoms with Crippen molar-refractivity contribution in [2.45, 2.75) is 64.7 Å². The zero-order chi connectivity index (χ0) is 13.7. The maximum atomic E-state index is 12.3. The lowest BCUT2D eigenvalue weighted by Crippen LogP contribution is -2.23. The maximum Gasteiger partial charge on any atom is 0.140 e. The van der Waals surface area contributed by atoms with Gasteiger partial charge in [0.1, 0.15) is 5.78 Å². The molecule has 0 aliphatic heterocycles. The number of ketones is 1. The lowest BCUT2D eigenvalue weighted by Gasteiger charge is -2.27. The minimum absolute atomic E-state index is 0.170. The molecule has 1 aromatic rings. The van der Waals surface area contributed by atoms with Crippen LogP contribution in [0.2, 0.25) is 0 Å². The second-order valence-corrected chi connectivity index (χ2v) is 5.95. The van der Waals surface area contributed by atoms with Gasteiger partial charge in [0.15, 0.2) is 0 Å². The molecular formula is C18H26O. The monoisotopic (exact) mass is 258 g/mol. The first-order valence-corrected chi connectivity index (χ1v) is 7.86. The summed E-state index contributed by atoms with van der Waals surface area (Å²) in [6.45, 7) is 4.41. The number of carbonyl (C=O) groups excluding carboxylic acids is 1. The van der Waals surface area contributed by atoms with Crippen molar-refractivity contribution in [1.82, 2.24) is 0 Å². The van der Waals surface area contributed by atoms with Gasteiger partial charge in [-0.3, -0.25) is 4.79 Å². The number of hydrogen-bond donors (Lipinski definition) is 0. The fourth-order valence-corrected chi connectivity index (χ4v) is 3.30. The standard InChI is InChI=1S/C18H26O/c1-3-5-14-7-10-16(11-8-14)17-12-9-15(6-4-2)13-18(17)19/h7-8,10-11,15,17H,3-6,9,12-13H2,1-2H3/t15-,17+/m0/s1. The summed E-state index contributed by atoms with van der Waals surface area (Å²) in [5.41, 5.74) is 2.62. The molecule has 1 aliphatic rings. The van der Waals surface area contributed by atoms with Crippen LogP contribution in [0.5, 0.6) is 0 Å². The first kappa shape index (κ1) is 14.3. The van der Waals surface area contributed by atoms with Crippen LogP contribution in [0.25, 0.3) is 0 Å². The van der Waals surface area contributed by atoms with Crippen molar-refractivity contribution in [2.24, 2.45) is 5.92 Å². The van der Waals surface area contributed by atoms with Crippen molar-refractivity contribution in [1.29, 1.82) is 0 Å². The van der Waals surface area contributed by atoms with Crippen molar-refractivity contribution in [3.8, 4) is 0 Å². The Morgan fingerprint density at radius 3 is 2.37 bits per heavy atom. The Labute approximate surface area is 117 Å². The van der Waals surface area contributed by atoms with Gasteiger partial charge in [-0.05, 0) is 36.3 Å². The van der Waals surface area contributed by atoms with Gasteiger partial charge in [-0.2, -0.15) is 0 Å². The van der Waals surface area contributed by atoms with Crippen LogP contribution in [0.4, 0.5) is 0 Å². The topological polar surface area (TPSA) is 17.1 Å². The summed E-state index contributed by atoms with van der Waals surface area (Å²) in [7, 11) is 0. The zero-order valence-electron chi connectivity index (χ0n) is 12.3. The number of benzene rings is 1. The van der Waals surface area contributed by atoms with Gasteiger partial charge in [0, 0.05) is 12.3 Å². The fourth-order valence-electron chi connectivity index (χ4n) is 3.30. The zero-order valence-corrected chi connectivity index (χ0v) is 12.3. The number of hydrogen-bond acceptors (Lipinski definition) is 1. The number of rotatable bonds is 5. The Morgan fingerprint density at radius 1 is 1.05 bits per heavy atom. The lowest BCUT2D eigenvalue weighted by atomic mass is 9.76. The van der Waals surface area contributed by atoms with E-state index in [0.29, 0.717) is 11.7 Å². The minimum atomic E-state index is 0.170. The van der Waals surface area contributed by atoms with Crippen molar-refractivity contribution in [3.63, 3.8) is 0 Å². The Morgan fingerprint density at radius 2 is 1.79 bits per heavy atom. The first-order chi connectivity index (χ1) is 9.24. The van der Waals surface area contributed by atoms with Crippen LogP contribution in [0, 0.1) is 5.92 Å². The SMILES string of the molecule is CCCc1ccc([C@H]2CC[C@H](CCC)CC2=O)cc1. The van der Waals surface area contributed by atoms with E-state index in [1.54, 1.807) is 0 Å². The third-order valence-corrected chi connectivity index (χ3v) is 4.36. The van der Waals surface area contributed by atoms with Crippen LogP contribution >= 0.6 is 0 Å². The average Bonchev–Trinajstić information content (AvgIpc) is 2.41. The molecule has 0 amide bonds. The van der Waals surface area contributed by atoms with Gasteiger partial charge < -0.3 is 0 Å². The number of Topliss-reactive ketones (excluding diaryl/α,β-unsaturated/α-hetero) is 1. The molecule has 0 heterocycles. The van der Waals surface area contributed by atoms with Crippen LogP contribution in [0.15, 0.2) is 24.3 Å². The van der Waals surface area contributed by atoms with Crippen molar-refractivity contribution < 1.29 is 4.79 Å². The summed E-state index contributed by atoms with van der Waals surface area (Å²) in [5, 5.41) is 0. The molecule has 1 saturated carbocycles. The molecule has 1 aliphatic carbocycles. The van der Waals surface area contributed by atoms with E-state index < -0.39 is 0 Å². The summed E-state index contributed by atoms with van der Waals surface area (Å²) in [6.07, 6.45) is 7.81. The average molecular weight is 258 g/mol. The third kappa shape index (κ3) is 3.68. The van der Waals surface area contributed by atoms with Crippen molar-refractivity contribution in [3.05, 3.63) is 35.4 Å². The summed E-state index contributed by atoms with van der Waals surface area (Å²) in [4.78, 5) is 12.3. The molecule has 0 unspecified atom stereocenters. The normalized spacial score (nSPS) is 23.6. The van der Waals surface area contributed by atoms with Gasteiger partial charge in [-0.15, -0.1) is 0 Å². The third-order valence-electron chi connectivity index (χ3n) is 4.36. The molecule has 1 heteroatoms. The predicted octanol–water partition coefficient (Wildman–Crippen LogP) is 4.89. The summed E-state index contributed by atoms with van der Waals surface area (Å²) >= 11 is 0. The highest BCUT2D eigenvalue weighted by Gasteiger charge is 2.28. The summed E-state index contributed by atoms with van der Waals surface area (Å²) in [5.74, 6) is 1.28. The Hall–Kier alpha value is -1.11. The number of carbonyl (C=O) groups is 1. The quantitative estimate of drug-likeness (QED) is 0.734. The highest BCUT2D eigenvalue weighted by Crippen LogP contribution is 2.35. The van der Waals surface area contributed by atoms with E-state index in [1.807, 2.05) is 0 Å². The maximum absolute atomic E-state index is 12.3. The molecule has 104 valence electrons. The first-order valence-electron chi connectivity index (χ1n) is 7.86. The molecule has 1 fully saturated rings. The highest BCUT2D eigenvalue weighted by atomic mass is 16.1. The van der Waals surface area contributed by atoms with Crippen LogP contribution in [0.3, 0.4) is 0 Å². The van der Waals surface area contributed by atoms with Crippen LogP contribution < -0.4 is 0 Å². The Kier molecular flexibility index (Phi) is 5.18. The largest absolute Gasteiger partial charge is 0.299 e. The van der Waals surface area contributed by atoms with Gasteiger partial charge in [0.2, 0.25) is 0 Å². The Balaban J connectivity index is 2.00. The minimum Gasteiger partial charge on any atom is -0.299 e. The van der Waals surface area contributed by atoms with Crippen LogP contribution in [-0.2, 0) is 11.2 Å². The van der Waals surface area contributed by atoms with E-state index in [1.165, 1.54) is 36.8 Å². The van der Waals surface area contributed by atoms with E-state index in [2.05, 4.69) is 38.1 Å². The molecular weight excluding hydrogens is 232 g/mol. The number of aryl methyl sites for hydroxylation is 1. The smallest absolute Gasteiger partial charge is 0.140 e. The Bertz CT molecular complexity index is 404. The van der Waals surface area contributed by atoms with E-state index in [9.17, 15) is 4.79 Å². The molecule has 0 saturated heterocycles. The van der Waals surface area contributed by atoms with Gasteiger partial charge >= 0.3 is 0 Å². The van der Waals surface area contributed by atoms with Crippen molar-refractivity contribution >= 4 is 5.78 Å². The van der Waals surface area contributed by atoms with Crippen LogP contribution in [-0.4, -0.2) is 5.78 Å². The lowest BCUT2D eigenvalue weighted by molar-refractivity contribution is -0.123. The van der Waals surface area contributed by atoms with E-state index in [4.69, 9.17) is 0 Å². The van der Waals surface area contributed by atoms with Gasteiger partial charge in [-0.25, -0.2) is 0 Å². The molecule has 0 bridgehead atoms. The molecule has 19 heavy (non-hydrogen) atoms.